The zero-order chi connectivity index (χ0) is 15.8. The highest BCUT2D eigenvalue weighted by Crippen LogP contribution is 2.23. The quantitative estimate of drug-likeness (QED) is 0.561. The molecular formula is C14H22N4O3. The molecule has 0 atom stereocenters. The lowest BCUT2D eigenvalue weighted by atomic mass is 10.1. The normalized spacial score (nSPS) is 10.5. The van der Waals surface area contributed by atoms with Crippen molar-refractivity contribution in [3.8, 4) is 0 Å². The van der Waals surface area contributed by atoms with Crippen LogP contribution in [0, 0.1) is 10.1 Å². The predicted molar refractivity (Wildman–Crippen MR) is 82.3 cm³/mol. The fourth-order valence-electron chi connectivity index (χ4n) is 1.97. The molecule has 2 N–H and O–H groups in total. The molecule has 0 radical (unpaired) electrons. The summed E-state index contributed by atoms with van der Waals surface area (Å²) in [5, 5.41) is 16.6. The zero-order valence-electron chi connectivity index (χ0n) is 12.7. The number of nitrogens with one attached hydrogen (secondary N) is 2. The van der Waals surface area contributed by atoms with Gasteiger partial charge in [-0.05, 0) is 25.6 Å². The summed E-state index contributed by atoms with van der Waals surface area (Å²) in [5.74, 6) is -0.0206. The number of amides is 1. The molecule has 0 unspecified atom stereocenters. The first kappa shape index (κ1) is 16.9. The number of benzene rings is 1. The van der Waals surface area contributed by atoms with E-state index in [1.54, 1.807) is 19.2 Å². The number of nitro benzene ring substituents is 1. The summed E-state index contributed by atoms with van der Waals surface area (Å²) in [7, 11) is 3.49. The van der Waals surface area contributed by atoms with E-state index in [-0.39, 0.29) is 11.6 Å². The third kappa shape index (κ3) is 5.39. The van der Waals surface area contributed by atoms with Gasteiger partial charge in [-0.15, -0.1) is 0 Å². The smallest absolute Gasteiger partial charge is 0.269 e. The van der Waals surface area contributed by atoms with Crippen LogP contribution in [0.2, 0.25) is 0 Å². The number of carbonyl (C=O) groups excluding carboxylic acids is 1. The number of non-ortho nitro benzene ring substituents is 1. The Labute approximate surface area is 124 Å². The first-order chi connectivity index (χ1) is 9.97. The van der Waals surface area contributed by atoms with E-state index < -0.39 is 4.92 Å². The molecule has 1 aromatic rings. The van der Waals surface area contributed by atoms with Crippen LogP contribution in [0.1, 0.15) is 18.9 Å². The molecule has 0 bridgehead atoms. The Bertz CT molecular complexity index is 505. The molecule has 0 spiro atoms. The van der Waals surface area contributed by atoms with Crippen LogP contribution in [-0.2, 0) is 11.3 Å². The lowest BCUT2D eigenvalue weighted by Gasteiger charge is -2.18. The van der Waals surface area contributed by atoms with Crippen molar-refractivity contribution in [1.29, 1.82) is 0 Å². The van der Waals surface area contributed by atoms with Gasteiger partial charge in [-0.1, -0.05) is 0 Å². The van der Waals surface area contributed by atoms with Crippen LogP contribution in [-0.4, -0.2) is 42.9 Å². The fraction of sp³-hybridized carbons (Fsp3) is 0.500. The Kier molecular flexibility index (Phi) is 6.61. The van der Waals surface area contributed by atoms with Crippen LogP contribution >= 0.6 is 0 Å². The number of rotatable bonds is 8. The molecule has 0 saturated heterocycles. The minimum absolute atomic E-state index is 0.0206. The zero-order valence-corrected chi connectivity index (χ0v) is 12.7. The predicted octanol–water partition coefficient (Wildman–Crippen LogP) is 1.59. The number of anilines is 1. The average molecular weight is 294 g/mol. The lowest BCUT2D eigenvalue weighted by molar-refractivity contribution is -0.384. The Hall–Kier alpha value is -2.15. The molecule has 1 amide bonds. The Morgan fingerprint density at radius 3 is 2.71 bits per heavy atom. The van der Waals surface area contributed by atoms with Crippen LogP contribution in [0.15, 0.2) is 18.2 Å². The average Bonchev–Trinajstić information content (AvgIpc) is 2.46. The summed E-state index contributed by atoms with van der Waals surface area (Å²) in [6, 6.07) is 4.80. The number of carbonyl (C=O) groups is 1. The van der Waals surface area contributed by atoms with Gasteiger partial charge in [-0.25, -0.2) is 0 Å². The summed E-state index contributed by atoms with van der Waals surface area (Å²) in [4.78, 5) is 23.7. The van der Waals surface area contributed by atoms with Crippen LogP contribution < -0.4 is 10.6 Å². The minimum Gasteiger partial charge on any atom is -0.385 e. The molecule has 0 aliphatic carbocycles. The molecule has 1 aromatic carbocycles. The molecule has 21 heavy (non-hydrogen) atoms. The van der Waals surface area contributed by atoms with Crippen molar-refractivity contribution in [3.05, 3.63) is 33.9 Å². The second kappa shape index (κ2) is 8.21. The van der Waals surface area contributed by atoms with Gasteiger partial charge in [0.1, 0.15) is 0 Å². The highest BCUT2D eigenvalue weighted by molar-refractivity contribution is 5.75. The summed E-state index contributed by atoms with van der Waals surface area (Å²) in [5.41, 5.74) is 1.81. The van der Waals surface area contributed by atoms with Crippen LogP contribution in [0.25, 0.3) is 0 Å². The van der Waals surface area contributed by atoms with Gasteiger partial charge >= 0.3 is 0 Å². The largest absolute Gasteiger partial charge is 0.385 e. The van der Waals surface area contributed by atoms with Gasteiger partial charge in [-0.3, -0.25) is 14.9 Å². The number of nitrogens with zero attached hydrogens (tertiary/aromatic N) is 2. The monoisotopic (exact) mass is 294 g/mol. The van der Waals surface area contributed by atoms with E-state index >= 15 is 0 Å². The maximum Gasteiger partial charge on any atom is 0.269 e. The van der Waals surface area contributed by atoms with Crippen LogP contribution in [0.5, 0.6) is 0 Å². The van der Waals surface area contributed by atoms with Gasteiger partial charge < -0.3 is 15.5 Å². The van der Waals surface area contributed by atoms with E-state index in [2.05, 4.69) is 10.6 Å². The molecule has 0 aliphatic rings. The first-order valence-corrected chi connectivity index (χ1v) is 6.88. The van der Waals surface area contributed by atoms with E-state index in [4.69, 9.17) is 0 Å². The molecule has 116 valence electrons. The number of nitro groups is 1. The van der Waals surface area contributed by atoms with E-state index in [0.29, 0.717) is 19.5 Å². The van der Waals surface area contributed by atoms with Crippen molar-refractivity contribution >= 4 is 17.3 Å². The van der Waals surface area contributed by atoms with Crippen molar-refractivity contribution in [1.82, 2.24) is 10.2 Å². The molecule has 0 saturated carbocycles. The van der Waals surface area contributed by atoms with Crippen molar-refractivity contribution in [2.45, 2.75) is 19.9 Å². The summed E-state index contributed by atoms with van der Waals surface area (Å²) in [6.45, 7) is 3.85. The molecule has 0 aliphatic heterocycles. The SMILES string of the molecule is CCNc1ccc([N+](=O)[O-])cc1CN(C)CCC(=O)NC. The standard InChI is InChI=1S/C14H22N4O3/c1-4-16-13-6-5-12(18(20)21)9-11(13)10-17(3)8-7-14(19)15-2/h5-6,9,16H,4,7-8,10H2,1-3H3,(H,15,19). The topological polar surface area (TPSA) is 87.5 Å². The fourth-order valence-corrected chi connectivity index (χ4v) is 1.97. The molecule has 1 rings (SSSR count). The van der Waals surface area contributed by atoms with Gasteiger partial charge in [-0.2, -0.15) is 0 Å². The van der Waals surface area contributed by atoms with E-state index in [1.807, 2.05) is 18.9 Å². The van der Waals surface area contributed by atoms with Gasteiger partial charge in [0.05, 0.1) is 4.92 Å². The highest BCUT2D eigenvalue weighted by atomic mass is 16.6. The second-order valence-electron chi connectivity index (χ2n) is 4.79. The maximum absolute atomic E-state index is 11.2. The first-order valence-electron chi connectivity index (χ1n) is 6.88. The number of hydrogen-bond donors (Lipinski definition) is 2. The van der Waals surface area contributed by atoms with E-state index in [1.165, 1.54) is 6.07 Å². The van der Waals surface area contributed by atoms with E-state index in [9.17, 15) is 14.9 Å². The van der Waals surface area contributed by atoms with Crippen molar-refractivity contribution in [2.24, 2.45) is 0 Å². The molecule has 0 aromatic heterocycles. The summed E-state index contributed by atoms with van der Waals surface area (Å²) >= 11 is 0. The molecule has 0 heterocycles. The second-order valence-corrected chi connectivity index (χ2v) is 4.79. The molecular weight excluding hydrogens is 272 g/mol. The molecule has 7 heteroatoms. The Balaban J connectivity index is 2.80. The van der Waals surface area contributed by atoms with Gasteiger partial charge in [0.25, 0.3) is 5.69 Å². The molecule has 0 fully saturated rings. The van der Waals surface area contributed by atoms with Crippen molar-refractivity contribution < 1.29 is 9.72 Å². The Morgan fingerprint density at radius 2 is 2.14 bits per heavy atom. The van der Waals surface area contributed by atoms with E-state index in [0.717, 1.165) is 17.8 Å². The van der Waals surface area contributed by atoms with Crippen LogP contribution in [0.4, 0.5) is 11.4 Å². The Morgan fingerprint density at radius 1 is 1.43 bits per heavy atom. The van der Waals surface area contributed by atoms with Gasteiger partial charge in [0.15, 0.2) is 0 Å². The van der Waals surface area contributed by atoms with Crippen molar-refractivity contribution in [2.75, 3.05) is 32.5 Å². The highest BCUT2D eigenvalue weighted by Gasteiger charge is 2.12. The summed E-state index contributed by atoms with van der Waals surface area (Å²) < 4.78 is 0. The van der Waals surface area contributed by atoms with Crippen LogP contribution in [0.3, 0.4) is 0 Å². The summed E-state index contributed by atoms with van der Waals surface area (Å²) in [6.07, 6.45) is 0.401. The maximum atomic E-state index is 11.2. The molecule has 7 nitrogen and oxygen atoms in total. The minimum atomic E-state index is -0.399. The number of hydrogen-bond acceptors (Lipinski definition) is 5. The lowest BCUT2D eigenvalue weighted by Crippen LogP contribution is -2.26. The van der Waals surface area contributed by atoms with Crippen molar-refractivity contribution in [3.63, 3.8) is 0 Å². The van der Waals surface area contributed by atoms with Gasteiger partial charge in [0, 0.05) is 50.9 Å². The third-order valence-corrected chi connectivity index (χ3v) is 3.11. The third-order valence-electron chi connectivity index (χ3n) is 3.11. The van der Waals surface area contributed by atoms with Gasteiger partial charge in [0.2, 0.25) is 5.91 Å².